The molecule has 2 fully saturated rings. The van der Waals surface area contributed by atoms with Crippen molar-refractivity contribution in [1.82, 2.24) is 19.8 Å². The van der Waals surface area contributed by atoms with Crippen LogP contribution in [0.4, 0.5) is 11.8 Å². The Morgan fingerprint density at radius 3 is 2.64 bits per heavy atom. The van der Waals surface area contributed by atoms with E-state index in [-0.39, 0.29) is 23.3 Å². The number of carbonyl (C=O) groups excluding carboxylic acids is 1. The zero-order valence-electron chi connectivity index (χ0n) is 15.1. The van der Waals surface area contributed by atoms with Gasteiger partial charge in [-0.3, -0.25) is 14.6 Å². The monoisotopic (exact) mass is 348 g/mol. The second-order valence-electron chi connectivity index (χ2n) is 7.23. The molecule has 25 heavy (non-hydrogen) atoms. The van der Waals surface area contributed by atoms with Crippen molar-refractivity contribution in [3.05, 3.63) is 16.4 Å². The van der Waals surface area contributed by atoms with Crippen LogP contribution in [0.2, 0.25) is 0 Å². The fraction of sp³-hybridized carbons (Fsp3) is 0.706. The Balaban J connectivity index is 1.58. The predicted molar refractivity (Wildman–Crippen MR) is 97.5 cm³/mol. The standard InChI is InChI=1S/C17H28N6O2/c1-12(2)23-5-3-4-13(11-23)16(25)22-8-6-21(7-9-22)14-10-15(24)20-17(18)19-14/h10,12-13H,3-9,11H2,1-2H3,(H3,18,19,20,24). The molecule has 3 heterocycles. The summed E-state index contributed by atoms with van der Waals surface area (Å²) in [4.78, 5) is 37.4. The van der Waals surface area contributed by atoms with E-state index in [1.165, 1.54) is 6.07 Å². The molecule has 0 aromatic carbocycles. The van der Waals surface area contributed by atoms with Gasteiger partial charge in [0.05, 0.1) is 5.92 Å². The lowest BCUT2D eigenvalue weighted by Crippen LogP contribution is -2.53. The number of likely N-dealkylation sites (tertiary alicyclic amines) is 1. The Bertz CT molecular complexity index is 665. The second-order valence-corrected chi connectivity index (χ2v) is 7.23. The summed E-state index contributed by atoms with van der Waals surface area (Å²) in [6.45, 7) is 8.98. The van der Waals surface area contributed by atoms with E-state index in [1.54, 1.807) is 0 Å². The molecule has 2 aliphatic heterocycles. The van der Waals surface area contributed by atoms with Crippen LogP contribution < -0.4 is 16.2 Å². The van der Waals surface area contributed by atoms with Crippen LogP contribution in [0.25, 0.3) is 0 Å². The first-order valence-electron chi connectivity index (χ1n) is 9.08. The second kappa shape index (κ2) is 7.43. The number of hydrogen-bond donors (Lipinski definition) is 2. The van der Waals surface area contributed by atoms with Crippen LogP contribution in [0.5, 0.6) is 0 Å². The summed E-state index contributed by atoms with van der Waals surface area (Å²) < 4.78 is 0. The maximum atomic E-state index is 12.9. The summed E-state index contributed by atoms with van der Waals surface area (Å²) >= 11 is 0. The van der Waals surface area contributed by atoms with E-state index in [9.17, 15) is 9.59 Å². The highest BCUT2D eigenvalue weighted by Gasteiger charge is 2.31. The van der Waals surface area contributed by atoms with Gasteiger partial charge >= 0.3 is 0 Å². The number of hydrogen-bond acceptors (Lipinski definition) is 6. The lowest BCUT2D eigenvalue weighted by atomic mass is 9.95. The molecule has 1 atom stereocenters. The first kappa shape index (κ1) is 17.7. The number of amides is 1. The molecule has 0 radical (unpaired) electrons. The smallest absolute Gasteiger partial charge is 0.254 e. The van der Waals surface area contributed by atoms with E-state index in [0.717, 1.165) is 25.9 Å². The summed E-state index contributed by atoms with van der Waals surface area (Å²) in [5.74, 6) is 1.08. The molecule has 8 heteroatoms. The molecule has 3 N–H and O–H groups in total. The highest BCUT2D eigenvalue weighted by atomic mass is 16.2. The molecule has 0 saturated carbocycles. The number of anilines is 2. The molecule has 0 spiro atoms. The van der Waals surface area contributed by atoms with Gasteiger partial charge in [-0.15, -0.1) is 0 Å². The first-order valence-corrected chi connectivity index (χ1v) is 9.08. The summed E-state index contributed by atoms with van der Waals surface area (Å²) in [7, 11) is 0. The van der Waals surface area contributed by atoms with Crippen LogP contribution in [-0.2, 0) is 4.79 Å². The largest absolute Gasteiger partial charge is 0.369 e. The molecule has 0 bridgehead atoms. The van der Waals surface area contributed by atoms with Crippen molar-refractivity contribution in [1.29, 1.82) is 0 Å². The average molecular weight is 348 g/mol. The SMILES string of the molecule is CC(C)N1CCCC(C(=O)N2CCN(c3cc(=O)[nH]c(N)n3)CC2)C1. The molecule has 1 unspecified atom stereocenters. The van der Waals surface area contributed by atoms with E-state index in [1.807, 2.05) is 9.80 Å². The molecule has 1 amide bonds. The zero-order chi connectivity index (χ0) is 18.0. The van der Waals surface area contributed by atoms with Crippen molar-refractivity contribution in [2.24, 2.45) is 5.92 Å². The Kier molecular flexibility index (Phi) is 5.27. The third kappa shape index (κ3) is 4.12. The number of H-pyrrole nitrogens is 1. The fourth-order valence-electron chi connectivity index (χ4n) is 3.72. The van der Waals surface area contributed by atoms with Crippen molar-refractivity contribution in [3.8, 4) is 0 Å². The van der Waals surface area contributed by atoms with Crippen LogP contribution in [0.1, 0.15) is 26.7 Å². The van der Waals surface area contributed by atoms with Crippen molar-refractivity contribution >= 4 is 17.7 Å². The van der Waals surface area contributed by atoms with Crippen LogP contribution >= 0.6 is 0 Å². The number of aromatic amines is 1. The molecule has 8 nitrogen and oxygen atoms in total. The number of piperazine rings is 1. The Morgan fingerprint density at radius 2 is 2.00 bits per heavy atom. The molecule has 138 valence electrons. The van der Waals surface area contributed by atoms with Gasteiger partial charge in [-0.05, 0) is 33.2 Å². The summed E-state index contributed by atoms with van der Waals surface area (Å²) in [6, 6.07) is 1.94. The molecule has 0 aliphatic carbocycles. The number of nitrogen functional groups attached to an aromatic ring is 1. The van der Waals surface area contributed by atoms with E-state index < -0.39 is 0 Å². The van der Waals surface area contributed by atoms with Gasteiger partial charge in [0, 0.05) is 44.8 Å². The topological polar surface area (TPSA) is 98.6 Å². The van der Waals surface area contributed by atoms with Gasteiger partial charge in [-0.1, -0.05) is 0 Å². The average Bonchev–Trinajstić information content (AvgIpc) is 2.60. The van der Waals surface area contributed by atoms with Crippen molar-refractivity contribution in [3.63, 3.8) is 0 Å². The normalized spacial score (nSPS) is 22.4. The minimum absolute atomic E-state index is 0.107. The third-order valence-electron chi connectivity index (χ3n) is 5.19. The van der Waals surface area contributed by atoms with Crippen LogP contribution in [0.15, 0.2) is 10.9 Å². The van der Waals surface area contributed by atoms with Gasteiger partial charge in [-0.25, -0.2) is 0 Å². The predicted octanol–water partition coefficient (Wildman–Crippen LogP) is 0.121. The summed E-state index contributed by atoms with van der Waals surface area (Å²) in [6.07, 6.45) is 2.07. The van der Waals surface area contributed by atoms with Crippen LogP contribution in [0, 0.1) is 5.92 Å². The minimum Gasteiger partial charge on any atom is -0.369 e. The number of rotatable bonds is 3. The molecular weight excluding hydrogens is 320 g/mol. The van der Waals surface area contributed by atoms with E-state index in [0.29, 0.717) is 38.0 Å². The summed E-state index contributed by atoms with van der Waals surface area (Å²) in [5.41, 5.74) is 5.36. The van der Waals surface area contributed by atoms with E-state index in [4.69, 9.17) is 5.73 Å². The minimum atomic E-state index is -0.253. The van der Waals surface area contributed by atoms with Crippen LogP contribution in [-0.4, -0.2) is 71.0 Å². The van der Waals surface area contributed by atoms with E-state index in [2.05, 4.69) is 28.7 Å². The number of nitrogens with two attached hydrogens (primary N) is 1. The molecule has 3 rings (SSSR count). The number of nitrogens with zero attached hydrogens (tertiary/aromatic N) is 4. The molecule has 2 saturated heterocycles. The van der Waals surface area contributed by atoms with Gasteiger partial charge in [0.2, 0.25) is 11.9 Å². The van der Waals surface area contributed by atoms with Gasteiger partial charge < -0.3 is 20.4 Å². The van der Waals surface area contributed by atoms with Crippen molar-refractivity contribution in [2.75, 3.05) is 49.9 Å². The van der Waals surface area contributed by atoms with Crippen molar-refractivity contribution in [2.45, 2.75) is 32.7 Å². The van der Waals surface area contributed by atoms with Crippen molar-refractivity contribution < 1.29 is 4.79 Å². The molecular formula is C17H28N6O2. The number of nitrogens with one attached hydrogen (secondary N) is 1. The van der Waals surface area contributed by atoms with Gasteiger partial charge in [0.25, 0.3) is 5.56 Å². The van der Waals surface area contributed by atoms with Gasteiger partial charge in [-0.2, -0.15) is 4.98 Å². The quantitative estimate of drug-likeness (QED) is 0.805. The fourth-order valence-corrected chi connectivity index (χ4v) is 3.72. The first-order chi connectivity index (χ1) is 11.9. The number of aromatic nitrogens is 2. The maximum absolute atomic E-state index is 12.9. The number of carbonyl (C=O) groups is 1. The molecule has 2 aliphatic rings. The van der Waals surface area contributed by atoms with Gasteiger partial charge in [0.1, 0.15) is 5.82 Å². The molecule has 1 aromatic heterocycles. The Hall–Kier alpha value is -2.09. The summed E-state index contributed by atoms with van der Waals surface area (Å²) in [5, 5.41) is 0. The zero-order valence-corrected chi connectivity index (χ0v) is 15.1. The lowest BCUT2D eigenvalue weighted by molar-refractivity contribution is -0.137. The maximum Gasteiger partial charge on any atom is 0.254 e. The lowest BCUT2D eigenvalue weighted by Gasteiger charge is -2.40. The highest BCUT2D eigenvalue weighted by Crippen LogP contribution is 2.22. The Morgan fingerprint density at radius 1 is 1.28 bits per heavy atom. The van der Waals surface area contributed by atoms with E-state index >= 15 is 0 Å². The highest BCUT2D eigenvalue weighted by molar-refractivity contribution is 5.79. The number of piperidine rings is 1. The van der Waals surface area contributed by atoms with Crippen LogP contribution in [0.3, 0.4) is 0 Å². The molecule has 1 aromatic rings. The third-order valence-corrected chi connectivity index (χ3v) is 5.19. The Labute approximate surface area is 148 Å². The van der Waals surface area contributed by atoms with Gasteiger partial charge in [0.15, 0.2) is 0 Å².